The van der Waals surface area contributed by atoms with Crippen LogP contribution in [0.2, 0.25) is 0 Å². The second kappa shape index (κ2) is 4.61. The number of amides is 1. The van der Waals surface area contributed by atoms with Gasteiger partial charge in [-0.3, -0.25) is 4.79 Å². The zero-order chi connectivity index (χ0) is 13.4. The average molecular weight is 257 g/mol. The molecule has 0 aliphatic carbocycles. The van der Waals surface area contributed by atoms with E-state index in [0.717, 1.165) is 42.3 Å². The summed E-state index contributed by atoms with van der Waals surface area (Å²) in [5.41, 5.74) is 8.15. The lowest BCUT2D eigenvalue weighted by Crippen LogP contribution is -2.34. The van der Waals surface area contributed by atoms with Crippen LogP contribution in [-0.2, 0) is 0 Å². The summed E-state index contributed by atoms with van der Waals surface area (Å²) >= 11 is 0. The highest BCUT2D eigenvalue weighted by atomic mass is 16.2. The molecule has 0 spiro atoms. The number of aromatic amines is 1. The van der Waals surface area contributed by atoms with Crippen molar-refractivity contribution in [2.75, 3.05) is 12.3 Å². The molecule has 3 N–H and O–H groups in total. The molecule has 1 fully saturated rings. The van der Waals surface area contributed by atoms with Gasteiger partial charge in [0.15, 0.2) is 0 Å². The summed E-state index contributed by atoms with van der Waals surface area (Å²) in [5.74, 6) is 0.139. The lowest BCUT2D eigenvalue weighted by molar-refractivity contribution is 0.0736. The van der Waals surface area contributed by atoms with Crippen LogP contribution in [0.3, 0.4) is 0 Å². The van der Waals surface area contributed by atoms with Crippen LogP contribution >= 0.6 is 0 Å². The highest BCUT2D eigenvalue weighted by Crippen LogP contribution is 2.26. The molecule has 1 unspecified atom stereocenters. The maximum Gasteiger partial charge on any atom is 0.256 e. The molecule has 0 saturated carbocycles. The monoisotopic (exact) mass is 257 g/mol. The summed E-state index contributed by atoms with van der Waals surface area (Å²) in [7, 11) is 0. The van der Waals surface area contributed by atoms with Crippen molar-refractivity contribution in [1.29, 1.82) is 0 Å². The van der Waals surface area contributed by atoms with Crippen LogP contribution in [0.15, 0.2) is 24.4 Å². The SMILES string of the molecule is CCC1CCCN1C(=O)c1c[nH]c2cc(N)ccc12. The van der Waals surface area contributed by atoms with Crippen molar-refractivity contribution < 1.29 is 4.79 Å². The molecule has 2 aromatic rings. The number of rotatable bonds is 2. The molecule has 100 valence electrons. The van der Waals surface area contributed by atoms with Gasteiger partial charge in [0.2, 0.25) is 0 Å². The first-order valence-electron chi connectivity index (χ1n) is 6.88. The third kappa shape index (κ3) is 1.97. The van der Waals surface area contributed by atoms with Gasteiger partial charge in [0.1, 0.15) is 0 Å². The van der Waals surface area contributed by atoms with Gasteiger partial charge in [0, 0.05) is 35.4 Å². The van der Waals surface area contributed by atoms with E-state index in [0.29, 0.717) is 11.7 Å². The molecule has 0 radical (unpaired) electrons. The summed E-state index contributed by atoms with van der Waals surface area (Å²) in [6.45, 7) is 3.02. The lowest BCUT2D eigenvalue weighted by Gasteiger charge is -2.23. The minimum atomic E-state index is 0.139. The van der Waals surface area contributed by atoms with Gasteiger partial charge in [-0.2, -0.15) is 0 Å². The second-order valence-corrected chi connectivity index (χ2v) is 5.21. The molecule has 1 aromatic carbocycles. The van der Waals surface area contributed by atoms with Crippen molar-refractivity contribution >= 4 is 22.5 Å². The Morgan fingerprint density at radius 1 is 1.53 bits per heavy atom. The van der Waals surface area contributed by atoms with Gasteiger partial charge in [0.05, 0.1) is 5.56 Å². The zero-order valence-corrected chi connectivity index (χ0v) is 11.1. The first-order valence-corrected chi connectivity index (χ1v) is 6.88. The fourth-order valence-corrected chi connectivity index (χ4v) is 3.00. The van der Waals surface area contributed by atoms with Crippen LogP contribution in [0.25, 0.3) is 10.9 Å². The number of hydrogen-bond acceptors (Lipinski definition) is 2. The number of fused-ring (bicyclic) bond motifs is 1. The topological polar surface area (TPSA) is 62.1 Å². The van der Waals surface area contributed by atoms with Crippen LogP contribution in [0.4, 0.5) is 5.69 Å². The van der Waals surface area contributed by atoms with Gasteiger partial charge < -0.3 is 15.6 Å². The number of nitrogens with two attached hydrogens (primary N) is 1. The standard InChI is InChI=1S/C15H19N3O/c1-2-11-4-3-7-18(11)15(19)13-9-17-14-8-10(16)5-6-12(13)14/h5-6,8-9,11,17H,2-4,7,16H2,1H3. The highest BCUT2D eigenvalue weighted by Gasteiger charge is 2.29. The van der Waals surface area contributed by atoms with Gasteiger partial charge in [-0.05, 0) is 37.5 Å². The number of benzene rings is 1. The number of likely N-dealkylation sites (tertiary alicyclic amines) is 1. The third-order valence-corrected chi connectivity index (χ3v) is 4.05. The number of H-pyrrole nitrogens is 1. The largest absolute Gasteiger partial charge is 0.399 e. The van der Waals surface area contributed by atoms with Crippen LogP contribution in [0.5, 0.6) is 0 Å². The predicted octanol–water partition coefficient (Wildman–Crippen LogP) is 2.76. The molecule has 1 amide bonds. The minimum absolute atomic E-state index is 0.139. The third-order valence-electron chi connectivity index (χ3n) is 4.05. The first-order chi connectivity index (χ1) is 9.20. The molecule has 4 heteroatoms. The van der Waals surface area contributed by atoms with E-state index in [4.69, 9.17) is 5.73 Å². The fraction of sp³-hybridized carbons (Fsp3) is 0.400. The van der Waals surface area contributed by atoms with Crippen molar-refractivity contribution in [3.8, 4) is 0 Å². The summed E-state index contributed by atoms with van der Waals surface area (Å²) in [4.78, 5) is 17.8. The van der Waals surface area contributed by atoms with Crippen molar-refractivity contribution in [2.45, 2.75) is 32.2 Å². The smallest absolute Gasteiger partial charge is 0.256 e. The van der Waals surface area contributed by atoms with Crippen LogP contribution in [0.1, 0.15) is 36.5 Å². The number of nitrogens with zero attached hydrogens (tertiary/aromatic N) is 1. The van der Waals surface area contributed by atoms with E-state index in [1.807, 2.05) is 23.1 Å². The van der Waals surface area contributed by atoms with Crippen LogP contribution < -0.4 is 5.73 Å². The van der Waals surface area contributed by atoms with E-state index in [9.17, 15) is 4.79 Å². The zero-order valence-electron chi connectivity index (χ0n) is 11.1. The number of carbonyl (C=O) groups is 1. The quantitative estimate of drug-likeness (QED) is 0.813. The number of anilines is 1. The minimum Gasteiger partial charge on any atom is -0.399 e. The Hall–Kier alpha value is -1.97. The van der Waals surface area contributed by atoms with Gasteiger partial charge >= 0.3 is 0 Å². The van der Waals surface area contributed by atoms with Crippen LogP contribution in [0, 0.1) is 0 Å². The summed E-state index contributed by atoms with van der Waals surface area (Å²) in [5, 5.41) is 0.959. The Labute approximate surface area is 112 Å². The Morgan fingerprint density at radius 3 is 3.16 bits per heavy atom. The number of aromatic nitrogens is 1. The van der Waals surface area contributed by atoms with E-state index in [2.05, 4.69) is 11.9 Å². The number of hydrogen-bond donors (Lipinski definition) is 2. The maximum atomic E-state index is 12.7. The molecule has 1 aliphatic heterocycles. The first kappa shape index (κ1) is 12.1. The molecule has 2 heterocycles. The van der Waals surface area contributed by atoms with E-state index in [-0.39, 0.29) is 5.91 Å². The number of nitrogen functional groups attached to an aromatic ring is 1. The normalized spacial score (nSPS) is 19.2. The second-order valence-electron chi connectivity index (χ2n) is 5.21. The summed E-state index contributed by atoms with van der Waals surface area (Å²) in [6.07, 6.45) is 5.07. The molecule has 3 rings (SSSR count). The average Bonchev–Trinajstić information content (AvgIpc) is 3.03. The molecular formula is C15H19N3O. The Morgan fingerprint density at radius 2 is 2.37 bits per heavy atom. The number of carbonyl (C=O) groups excluding carboxylic acids is 1. The molecular weight excluding hydrogens is 238 g/mol. The Balaban J connectivity index is 1.98. The molecule has 0 bridgehead atoms. The highest BCUT2D eigenvalue weighted by molar-refractivity contribution is 6.07. The van der Waals surface area contributed by atoms with Crippen molar-refractivity contribution in [2.24, 2.45) is 0 Å². The molecule has 1 saturated heterocycles. The van der Waals surface area contributed by atoms with E-state index >= 15 is 0 Å². The van der Waals surface area contributed by atoms with E-state index < -0.39 is 0 Å². The van der Waals surface area contributed by atoms with Gasteiger partial charge in [-0.25, -0.2) is 0 Å². The lowest BCUT2D eigenvalue weighted by atomic mass is 10.1. The predicted molar refractivity (Wildman–Crippen MR) is 77.1 cm³/mol. The molecule has 1 aromatic heterocycles. The van der Waals surface area contributed by atoms with Crippen molar-refractivity contribution in [3.63, 3.8) is 0 Å². The molecule has 1 atom stereocenters. The van der Waals surface area contributed by atoms with E-state index in [1.54, 1.807) is 6.20 Å². The van der Waals surface area contributed by atoms with Crippen molar-refractivity contribution in [1.82, 2.24) is 9.88 Å². The summed E-state index contributed by atoms with van der Waals surface area (Å²) in [6, 6.07) is 6.03. The Bertz CT molecular complexity index is 617. The fourth-order valence-electron chi connectivity index (χ4n) is 3.00. The van der Waals surface area contributed by atoms with Crippen molar-refractivity contribution in [3.05, 3.63) is 30.0 Å². The van der Waals surface area contributed by atoms with Gasteiger partial charge in [0.25, 0.3) is 5.91 Å². The van der Waals surface area contributed by atoms with Crippen LogP contribution in [-0.4, -0.2) is 28.4 Å². The molecule has 1 aliphatic rings. The maximum absolute atomic E-state index is 12.7. The summed E-state index contributed by atoms with van der Waals surface area (Å²) < 4.78 is 0. The van der Waals surface area contributed by atoms with Gasteiger partial charge in [-0.1, -0.05) is 6.92 Å². The van der Waals surface area contributed by atoms with E-state index in [1.165, 1.54) is 0 Å². The number of nitrogens with one attached hydrogen (secondary N) is 1. The molecule has 4 nitrogen and oxygen atoms in total. The van der Waals surface area contributed by atoms with Gasteiger partial charge in [-0.15, -0.1) is 0 Å². The Kier molecular flexibility index (Phi) is 2.93. The molecule has 19 heavy (non-hydrogen) atoms.